The number of nitrogens with one attached hydrogen (secondary N) is 4. The first-order valence-corrected chi connectivity index (χ1v) is 17.7. The number of aromatic nitrogens is 2. The molecule has 14 nitrogen and oxygen atoms in total. The number of hydrogen-bond acceptors (Lipinski definition) is 8. The number of aromatic amines is 1. The van der Waals surface area contributed by atoms with E-state index < -0.39 is 59.2 Å². The minimum Gasteiger partial charge on any atom is -0.368 e. The summed E-state index contributed by atoms with van der Waals surface area (Å²) in [6.45, 7) is 3.47. The third-order valence-corrected chi connectivity index (χ3v) is 9.05. The number of carbonyl (C=O) groups excluding carboxylic acids is 5. The van der Waals surface area contributed by atoms with Crippen molar-refractivity contribution < 1.29 is 24.0 Å². The van der Waals surface area contributed by atoms with Crippen LogP contribution in [0.2, 0.25) is 0 Å². The fourth-order valence-electron chi connectivity index (χ4n) is 5.93. The highest BCUT2D eigenvalue weighted by molar-refractivity contribution is 5.96. The lowest BCUT2D eigenvalue weighted by Gasteiger charge is -2.33. The van der Waals surface area contributed by atoms with Crippen molar-refractivity contribution in [3.05, 3.63) is 102 Å². The molecular weight excluding hydrogens is 674 g/mol. The Morgan fingerprint density at radius 2 is 1.47 bits per heavy atom. The van der Waals surface area contributed by atoms with Gasteiger partial charge in [-0.25, -0.2) is 4.98 Å². The Morgan fingerprint density at radius 3 is 2.11 bits per heavy atom. The van der Waals surface area contributed by atoms with Crippen LogP contribution in [0.4, 0.5) is 0 Å². The monoisotopic (exact) mass is 725 g/mol. The van der Waals surface area contributed by atoms with Crippen LogP contribution >= 0.6 is 0 Å². The highest BCUT2D eigenvalue weighted by atomic mass is 16.2. The lowest BCUT2D eigenvalue weighted by atomic mass is 9.98. The van der Waals surface area contributed by atoms with Gasteiger partial charge in [0.1, 0.15) is 24.2 Å². The van der Waals surface area contributed by atoms with E-state index in [9.17, 15) is 24.0 Å². The molecular formula is C39H51N9O5. The Labute approximate surface area is 309 Å². The molecule has 282 valence electrons. The molecule has 1 aromatic heterocycles. The largest absolute Gasteiger partial charge is 0.368 e. The van der Waals surface area contributed by atoms with Gasteiger partial charge in [-0.05, 0) is 61.6 Å². The van der Waals surface area contributed by atoms with Crippen LogP contribution in [0.1, 0.15) is 49.9 Å². The molecule has 0 radical (unpaired) electrons. The van der Waals surface area contributed by atoms with E-state index in [1.165, 1.54) is 38.3 Å². The first-order chi connectivity index (χ1) is 25.3. The zero-order valence-corrected chi connectivity index (χ0v) is 30.5. The van der Waals surface area contributed by atoms with Gasteiger partial charge in [-0.3, -0.25) is 24.0 Å². The van der Waals surface area contributed by atoms with Crippen molar-refractivity contribution in [2.75, 3.05) is 13.6 Å². The number of nitrogens with two attached hydrogens (primary N) is 3. The summed E-state index contributed by atoms with van der Waals surface area (Å²) in [4.78, 5) is 76.4. The lowest BCUT2D eigenvalue weighted by molar-refractivity contribution is -0.142. The molecule has 5 amide bonds. The molecule has 0 aliphatic carbocycles. The molecule has 53 heavy (non-hydrogen) atoms. The highest BCUT2D eigenvalue weighted by Gasteiger charge is 2.36. The molecule has 0 saturated heterocycles. The van der Waals surface area contributed by atoms with Crippen LogP contribution < -0.4 is 33.2 Å². The lowest BCUT2D eigenvalue weighted by Crippen LogP contribution is -2.61. The number of imidazole rings is 1. The predicted molar refractivity (Wildman–Crippen MR) is 203 cm³/mol. The van der Waals surface area contributed by atoms with Gasteiger partial charge in [-0.1, -0.05) is 72.8 Å². The normalized spacial score (nSPS) is 13.7. The third kappa shape index (κ3) is 11.7. The van der Waals surface area contributed by atoms with Crippen LogP contribution in [0.15, 0.2) is 85.3 Å². The number of primary amides is 1. The molecule has 0 fully saturated rings. The quantitative estimate of drug-likeness (QED) is 0.0694. The molecule has 0 saturated carbocycles. The van der Waals surface area contributed by atoms with E-state index in [1.807, 2.05) is 72.8 Å². The standard InChI is InChI=1S/C39H51N9O5/c1-39(2,42)38(53)47-31(22-29-23-43-24-44-29)35(50)46-32(20-26-16-17-27-13-7-8-14-28(27)19-26)37(52)48(3)33(21-25-11-5-4-6-12-25)36(51)45-30(34(41)49)15-9-10-18-40/h4-8,11-14,16-17,19,23-24,30-33H,9-10,15,18,20-22,40,42H2,1-3H3,(H2,41,49)(H,43,44)(H,45,51)(H,46,50)(H,47,53)/t30-,31-,32+,33+/m0/s1. The zero-order chi connectivity index (χ0) is 38.5. The van der Waals surface area contributed by atoms with Gasteiger partial charge >= 0.3 is 0 Å². The molecule has 10 N–H and O–H groups in total. The van der Waals surface area contributed by atoms with Gasteiger partial charge < -0.3 is 43.0 Å². The van der Waals surface area contributed by atoms with Crippen molar-refractivity contribution in [3.63, 3.8) is 0 Å². The first kappa shape index (κ1) is 40.2. The molecule has 0 aliphatic heterocycles. The van der Waals surface area contributed by atoms with Crippen molar-refractivity contribution in [2.45, 2.75) is 82.1 Å². The molecule has 0 bridgehead atoms. The van der Waals surface area contributed by atoms with Crippen LogP contribution in [-0.4, -0.2) is 87.7 Å². The van der Waals surface area contributed by atoms with E-state index in [4.69, 9.17) is 17.2 Å². The van der Waals surface area contributed by atoms with Crippen LogP contribution in [0.3, 0.4) is 0 Å². The average Bonchev–Trinajstić information content (AvgIpc) is 3.65. The van der Waals surface area contributed by atoms with Crippen LogP contribution in [0.25, 0.3) is 10.8 Å². The number of rotatable bonds is 19. The number of amides is 5. The van der Waals surface area contributed by atoms with Gasteiger partial charge in [-0.15, -0.1) is 0 Å². The van der Waals surface area contributed by atoms with Crippen molar-refractivity contribution in [3.8, 4) is 0 Å². The van der Waals surface area contributed by atoms with Gasteiger partial charge in [0.2, 0.25) is 29.5 Å². The second kappa shape index (κ2) is 18.8. The number of benzene rings is 3. The molecule has 14 heteroatoms. The maximum atomic E-state index is 14.6. The Balaban J connectivity index is 1.69. The highest BCUT2D eigenvalue weighted by Crippen LogP contribution is 2.19. The average molecular weight is 726 g/mol. The summed E-state index contributed by atoms with van der Waals surface area (Å²) in [6.07, 6.45) is 4.72. The number of carbonyl (C=O) groups is 5. The summed E-state index contributed by atoms with van der Waals surface area (Å²) in [5.41, 5.74) is 18.2. The van der Waals surface area contributed by atoms with Crippen molar-refractivity contribution in [2.24, 2.45) is 17.2 Å². The van der Waals surface area contributed by atoms with Gasteiger partial charge in [0.15, 0.2) is 0 Å². The smallest absolute Gasteiger partial charge is 0.245 e. The van der Waals surface area contributed by atoms with Gasteiger partial charge in [0.05, 0.1) is 11.9 Å². The molecule has 0 unspecified atom stereocenters. The summed E-state index contributed by atoms with van der Waals surface area (Å²) in [5, 5.41) is 10.3. The summed E-state index contributed by atoms with van der Waals surface area (Å²) in [7, 11) is 1.49. The summed E-state index contributed by atoms with van der Waals surface area (Å²) in [6, 6.07) is 18.3. The van der Waals surface area contributed by atoms with Gasteiger partial charge in [-0.2, -0.15) is 0 Å². The molecule has 4 rings (SSSR count). The Kier molecular flexibility index (Phi) is 14.2. The Hall–Kier alpha value is -5.60. The number of fused-ring (bicyclic) bond motifs is 1. The predicted octanol–water partition coefficient (Wildman–Crippen LogP) is 1.22. The number of hydrogen-bond donors (Lipinski definition) is 7. The Morgan fingerprint density at radius 1 is 0.792 bits per heavy atom. The van der Waals surface area contributed by atoms with Crippen molar-refractivity contribution >= 4 is 40.3 Å². The van der Waals surface area contributed by atoms with Crippen molar-refractivity contribution in [1.29, 1.82) is 0 Å². The molecule has 0 aliphatic rings. The number of H-pyrrole nitrogens is 1. The maximum absolute atomic E-state index is 14.6. The molecule has 4 atom stereocenters. The summed E-state index contributed by atoms with van der Waals surface area (Å²) in [5.74, 6) is -3.04. The fourth-order valence-corrected chi connectivity index (χ4v) is 5.93. The topological polar surface area (TPSA) is 231 Å². The third-order valence-electron chi connectivity index (χ3n) is 9.05. The molecule has 0 spiro atoms. The SMILES string of the molecule is CN(C(=O)[C@@H](Cc1ccc2ccccc2c1)NC(=O)[C@H](Cc1cnc[nH]1)NC(=O)C(C)(C)N)[C@H](Cc1ccccc1)C(=O)N[C@@H](CCCCN)C(N)=O. The molecule has 4 aromatic rings. The van der Waals surface area contributed by atoms with Crippen LogP contribution in [0.5, 0.6) is 0 Å². The second-order valence-corrected chi connectivity index (χ2v) is 13.9. The maximum Gasteiger partial charge on any atom is 0.245 e. The van der Waals surface area contributed by atoms with Gasteiger partial charge in [0, 0.05) is 38.2 Å². The van der Waals surface area contributed by atoms with E-state index in [2.05, 4.69) is 25.9 Å². The van der Waals surface area contributed by atoms with Crippen molar-refractivity contribution in [1.82, 2.24) is 30.8 Å². The first-order valence-electron chi connectivity index (χ1n) is 17.7. The van der Waals surface area contributed by atoms with Crippen LogP contribution in [0, 0.1) is 0 Å². The number of likely N-dealkylation sites (N-methyl/N-ethyl adjacent to an activating group) is 1. The second-order valence-electron chi connectivity index (χ2n) is 13.9. The summed E-state index contributed by atoms with van der Waals surface area (Å²) >= 11 is 0. The minimum absolute atomic E-state index is 0.0398. The van der Waals surface area contributed by atoms with Gasteiger partial charge in [0.25, 0.3) is 0 Å². The molecule has 3 aromatic carbocycles. The van der Waals surface area contributed by atoms with E-state index in [-0.39, 0.29) is 25.7 Å². The number of unbranched alkanes of at least 4 members (excludes halogenated alkanes) is 1. The molecule has 1 heterocycles. The van der Waals surface area contributed by atoms with Crippen LogP contribution in [-0.2, 0) is 43.2 Å². The summed E-state index contributed by atoms with van der Waals surface area (Å²) < 4.78 is 0. The Bertz CT molecular complexity index is 1840. The zero-order valence-electron chi connectivity index (χ0n) is 30.5. The fraction of sp³-hybridized carbons (Fsp3) is 0.385. The van der Waals surface area contributed by atoms with E-state index >= 15 is 0 Å². The van der Waals surface area contributed by atoms with E-state index in [1.54, 1.807) is 0 Å². The number of nitrogens with zero attached hydrogens (tertiary/aromatic N) is 2. The van der Waals surface area contributed by atoms with E-state index in [0.29, 0.717) is 25.1 Å². The minimum atomic E-state index is -1.29. The van der Waals surface area contributed by atoms with E-state index in [0.717, 1.165) is 21.9 Å².